The molecule has 0 radical (unpaired) electrons. The van der Waals surface area contributed by atoms with Crippen molar-refractivity contribution in [3.8, 4) is 11.5 Å². The fourth-order valence-corrected chi connectivity index (χ4v) is 5.79. The number of methoxy groups -OCH3 is 2. The Balaban J connectivity index is 1.49. The summed E-state index contributed by atoms with van der Waals surface area (Å²) in [5.74, 6) is 2.67. The van der Waals surface area contributed by atoms with Gasteiger partial charge in [0.15, 0.2) is 11.5 Å². The summed E-state index contributed by atoms with van der Waals surface area (Å²) in [7, 11) is 3.34. The maximum absolute atomic E-state index is 10.2. The summed E-state index contributed by atoms with van der Waals surface area (Å²) in [4.78, 5) is 0. The van der Waals surface area contributed by atoms with Gasteiger partial charge in [-0.05, 0) is 69.9 Å². The molecule has 1 aliphatic heterocycles. The molecule has 0 amide bonds. The molecular formula is C26H43BrNO5+. The van der Waals surface area contributed by atoms with Gasteiger partial charge in [0.25, 0.3) is 0 Å². The topological polar surface area (TPSA) is 57.2 Å². The van der Waals surface area contributed by atoms with E-state index in [1.54, 1.807) is 14.2 Å². The largest absolute Gasteiger partial charge is 0.493 e. The SMILES string of the molecule is COc1cc(Br)c(C[N+]2(CCOCCC3CCC(C(C)(C)O)CC3)CCOCC2)cc1OC. The van der Waals surface area contributed by atoms with E-state index >= 15 is 0 Å². The monoisotopic (exact) mass is 528 g/mol. The smallest absolute Gasteiger partial charge is 0.161 e. The highest BCUT2D eigenvalue weighted by molar-refractivity contribution is 9.10. The maximum Gasteiger partial charge on any atom is 0.161 e. The van der Waals surface area contributed by atoms with Crippen molar-refractivity contribution in [1.82, 2.24) is 0 Å². The summed E-state index contributed by atoms with van der Waals surface area (Å²) >= 11 is 3.73. The van der Waals surface area contributed by atoms with Crippen LogP contribution in [0, 0.1) is 11.8 Å². The van der Waals surface area contributed by atoms with Crippen molar-refractivity contribution in [3.05, 3.63) is 22.2 Å². The van der Waals surface area contributed by atoms with Crippen molar-refractivity contribution < 1.29 is 28.5 Å². The predicted molar refractivity (Wildman–Crippen MR) is 134 cm³/mol. The van der Waals surface area contributed by atoms with Crippen LogP contribution < -0.4 is 9.47 Å². The fraction of sp³-hybridized carbons (Fsp3) is 0.769. The standard InChI is InChI=1S/C26H43BrNO5/c1-26(2,29)22-7-5-20(6-8-22)9-13-32-14-10-28(11-15-33-16-12-28)19-21-17-24(30-3)25(31-4)18-23(21)27/h17-18,20,22,29H,5-16,19H2,1-4H3/q+1. The third-order valence-corrected chi connectivity index (χ3v) is 8.44. The number of quaternary nitrogens is 1. The van der Waals surface area contributed by atoms with Gasteiger partial charge in [0.1, 0.15) is 26.2 Å². The molecule has 2 aliphatic rings. The molecule has 0 spiro atoms. The van der Waals surface area contributed by atoms with Gasteiger partial charge < -0.3 is 28.5 Å². The van der Waals surface area contributed by atoms with Crippen LogP contribution in [0.25, 0.3) is 0 Å². The minimum atomic E-state index is -0.541. The van der Waals surface area contributed by atoms with Crippen molar-refractivity contribution >= 4 is 15.9 Å². The zero-order valence-corrected chi connectivity index (χ0v) is 22.5. The number of morpholine rings is 1. The van der Waals surface area contributed by atoms with Gasteiger partial charge in [0, 0.05) is 16.6 Å². The normalized spacial score (nSPS) is 23.3. The van der Waals surface area contributed by atoms with Crippen molar-refractivity contribution in [3.63, 3.8) is 0 Å². The molecule has 0 unspecified atom stereocenters. The summed E-state index contributed by atoms with van der Waals surface area (Å²) in [6, 6.07) is 4.08. The van der Waals surface area contributed by atoms with E-state index < -0.39 is 5.60 Å². The summed E-state index contributed by atoms with van der Waals surface area (Å²) < 4.78 is 24.8. The number of halogens is 1. The highest BCUT2D eigenvalue weighted by atomic mass is 79.9. The molecule has 7 heteroatoms. The molecule has 1 N–H and O–H groups in total. The first-order valence-corrected chi connectivity index (χ1v) is 13.2. The van der Waals surface area contributed by atoms with Crippen LogP contribution in [-0.2, 0) is 16.0 Å². The lowest BCUT2D eigenvalue weighted by Gasteiger charge is -2.41. The van der Waals surface area contributed by atoms with Crippen LogP contribution in [0.15, 0.2) is 16.6 Å². The first kappa shape index (κ1) is 26.7. The Kier molecular flexibility index (Phi) is 9.89. The number of benzene rings is 1. The van der Waals surface area contributed by atoms with Gasteiger partial charge in [-0.1, -0.05) is 15.9 Å². The molecule has 1 heterocycles. The molecule has 1 saturated carbocycles. The maximum atomic E-state index is 10.2. The summed E-state index contributed by atoms with van der Waals surface area (Å²) in [6.45, 7) is 10.9. The molecular weight excluding hydrogens is 486 g/mol. The number of hydrogen-bond acceptors (Lipinski definition) is 5. The van der Waals surface area contributed by atoms with Crippen LogP contribution in [0.2, 0.25) is 0 Å². The van der Waals surface area contributed by atoms with Crippen LogP contribution in [0.1, 0.15) is 51.5 Å². The van der Waals surface area contributed by atoms with Gasteiger partial charge in [0.2, 0.25) is 0 Å². The second-order valence-corrected chi connectivity index (χ2v) is 11.2. The summed E-state index contributed by atoms with van der Waals surface area (Å²) in [5.41, 5.74) is 0.679. The van der Waals surface area contributed by atoms with Crippen LogP contribution >= 0.6 is 15.9 Å². The summed E-state index contributed by atoms with van der Waals surface area (Å²) in [5, 5.41) is 10.2. The van der Waals surface area contributed by atoms with Gasteiger partial charge in [0.05, 0.1) is 39.6 Å². The van der Waals surface area contributed by atoms with Crippen molar-refractivity contribution in [1.29, 1.82) is 0 Å². The first-order chi connectivity index (χ1) is 15.8. The second kappa shape index (κ2) is 12.2. The minimum Gasteiger partial charge on any atom is -0.493 e. The number of rotatable bonds is 11. The fourth-order valence-electron chi connectivity index (χ4n) is 5.34. The van der Waals surface area contributed by atoms with E-state index in [1.807, 2.05) is 19.9 Å². The van der Waals surface area contributed by atoms with Crippen molar-refractivity contribution in [2.45, 2.75) is 58.1 Å². The summed E-state index contributed by atoms with van der Waals surface area (Å²) in [6.07, 6.45) is 5.82. The molecule has 33 heavy (non-hydrogen) atoms. The Bertz CT molecular complexity index is 737. The van der Waals surface area contributed by atoms with Gasteiger partial charge in [-0.25, -0.2) is 0 Å². The number of ether oxygens (including phenoxy) is 4. The highest BCUT2D eigenvalue weighted by Gasteiger charge is 2.33. The van der Waals surface area contributed by atoms with Gasteiger partial charge in [-0.2, -0.15) is 0 Å². The van der Waals surface area contributed by atoms with E-state index in [1.165, 1.54) is 18.4 Å². The average Bonchev–Trinajstić information content (AvgIpc) is 2.80. The Morgan fingerprint density at radius 1 is 1.03 bits per heavy atom. The Hall–Kier alpha value is -0.860. The number of hydrogen-bond donors (Lipinski definition) is 1. The lowest BCUT2D eigenvalue weighted by atomic mass is 9.74. The molecule has 3 rings (SSSR count). The van der Waals surface area contributed by atoms with E-state index in [-0.39, 0.29) is 0 Å². The average molecular weight is 530 g/mol. The first-order valence-electron chi connectivity index (χ1n) is 12.4. The molecule has 188 valence electrons. The molecule has 0 bridgehead atoms. The molecule has 0 aromatic heterocycles. The van der Waals surface area contributed by atoms with Crippen molar-refractivity contribution in [2.24, 2.45) is 11.8 Å². The third-order valence-electron chi connectivity index (χ3n) is 7.70. The zero-order chi connectivity index (χ0) is 23.9. The third kappa shape index (κ3) is 7.56. The van der Waals surface area contributed by atoms with Gasteiger partial charge in [-0.15, -0.1) is 0 Å². The molecule has 1 saturated heterocycles. The number of nitrogens with zero attached hydrogens (tertiary/aromatic N) is 1. The van der Waals surface area contributed by atoms with Gasteiger partial charge >= 0.3 is 0 Å². The molecule has 1 aromatic rings. The zero-order valence-electron chi connectivity index (χ0n) is 20.9. The van der Waals surface area contributed by atoms with Crippen molar-refractivity contribution in [2.75, 3.05) is 60.3 Å². The molecule has 6 nitrogen and oxygen atoms in total. The Morgan fingerprint density at radius 2 is 1.67 bits per heavy atom. The molecule has 1 aliphatic carbocycles. The van der Waals surface area contributed by atoms with E-state index in [0.29, 0.717) is 5.92 Å². The highest BCUT2D eigenvalue weighted by Crippen LogP contribution is 2.37. The predicted octanol–water partition coefficient (Wildman–Crippen LogP) is 4.80. The van der Waals surface area contributed by atoms with Crippen LogP contribution in [0.5, 0.6) is 11.5 Å². The minimum absolute atomic E-state index is 0.441. The van der Waals surface area contributed by atoms with E-state index in [2.05, 4.69) is 22.0 Å². The van der Waals surface area contributed by atoms with Crippen LogP contribution in [0.3, 0.4) is 0 Å². The van der Waals surface area contributed by atoms with E-state index in [9.17, 15) is 5.11 Å². The quantitative estimate of drug-likeness (QED) is 0.330. The lowest BCUT2D eigenvalue weighted by Crippen LogP contribution is -2.55. The Morgan fingerprint density at radius 3 is 2.27 bits per heavy atom. The Labute approximate surface area is 208 Å². The van der Waals surface area contributed by atoms with E-state index in [0.717, 1.165) is 98.2 Å². The number of aliphatic hydroxyl groups is 1. The molecule has 2 fully saturated rings. The van der Waals surface area contributed by atoms with E-state index in [4.69, 9.17) is 18.9 Å². The van der Waals surface area contributed by atoms with Crippen LogP contribution in [-0.4, -0.2) is 75.5 Å². The molecule has 0 atom stereocenters. The lowest BCUT2D eigenvalue weighted by molar-refractivity contribution is -0.947. The molecule has 1 aromatic carbocycles. The second-order valence-electron chi connectivity index (χ2n) is 10.4. The van der Waals surface area contributed by atoms with Crippen LogP contribution in [0.4, 0.5) is 0 Å². The van der Waals surface area contributed by atoms with Gasteiger partial charge in [-0.3, -0.25) is 0 Å².